The molecule has 3 aromatic rings. The first-order valence-electron chi connectivity index (χ1n) is 12.9. The number of H-pyrrole nitrogens is 1. The third-order valence-electron chi connectivity index (χ3n) is 7.68. The highest BCUT2D eigenvalue weighted by Gasteiger charge is 2.39. The van der Waals surface area contributed by atoms with Crippen LogP contribution in [0.5, 0.6) is 5.75 Å². The van der Waals surface area contributed by atoms with Gasteiger partial charge < -0.3 is 25.0 Å². The third-order valence-corrected chi connectivity index (χ3v) is 7.68. The molecule has 0 unspecified atom stereocenters. The van der Waals surface area contributed by atoms with Crippen LogP contribution < -0.4 is 10.1 Å². The molecule has 1 aromatic heterocycles. The highest BCUT2D eigenvalue weighted by Crippen LogP contribution is 2.33. The van der Waals surface area contributed by atoms with Crippen LogP contribution in [0.15, 0.2) is 48.5 Å². The molecule has 0 radical (unpaired) electrons. The number of rotatable bonds is 8. The normalized spacial score (nSPS) is 19.7. The summed E-state index contributed by atoms with van der Waals surface area (Å²) >= 11 is 0. The zero-order valence-electron chi connectivity index (χ0n) is 21.2. The first-order chi connectivity index (χ1) is 18.4. The van der Waals surface area contributed by atoms with E-state index in [0.717, 1.165) is 22.9 Å². The van der Waals surface area contributed by atoms with Gasteiger partial charge in [-0.2, -0.15) is 0 Å². The van der Waals surface area contributed by atoms with Crippen LogP contribution >= 0.6 is 0 Å². The van der Waals surface area contributed by atoms with E-state index < -0.39 is 30.4 Å². The van der Waals surface area contributed by atoms with Crippen molar-refractivity contribution in [3.05, 3.63) is 65.4 Å². The minimum absolute atomic E-state index is 0.0732. The molecule has 2 amide bonds. The van der Waals surface area contributed by atoms with E-state index in [4.69, 9.17) is 4.74 Å². The minimum atomic E-state index is -1.01. The molecule has 5 rings (SSSR count). The van der Waals surface area contributed by atoms with Crippen LogP contribution in [0, 0.1) is 5.92 Å². The number of aliphatic hydroxyl groups is 1. The molecule has 198 valence electrons. The van der Waals surface area contributed by atoms with Crippen LogP contribution in [0.3, 0.4) is 0 Å². The van der Waals surface area contributed by atoms with Crippen molar-refractivity contribution in [2.45, 2.75) is 44.2 Å². The second-order valence-electron chi connectivity index (χ2n) is 9.93. The van der Waals surface area contributed by atoms with Gasteiger partial charge in [-0.05, 0) is 55.0 Å². The number of Topliss-reactive ketones (excluding diaryl/α,β-unsaturated/α-hetero) is 2. The number of ether oxygens (including phenoxy) is 1. The van der Waals surface area contributed by atoms with Gasteiger partial charge in [-0.3, -0.25) is 19.2 Å². The number of aromatic amines is 1. The number of ketones is 2. The molecule has 0 saturated heterocycles. The highest BCUT2D eigenvalue weighted by atomic mass is 16.5. The molecule has 1 saturated carbocycles. The molecule has 3 N–H and O–H groups in total. The summed E-state index contributed by atoms with van der Waals surface area (Å²) in [7, 11) is 1.56. The van der Waals surface area contributed by atoms with Crippen molar-refractivity contribution in [1.29, 1.82) is 0 Å². The van der Waals surface area contributed by atoms with Gasteiger partial charge in [-0.1, -0.05) is 30.3 Å². The number of aromatic nitrogens is 1. The Balaban J connectivity index is 1.46. The molecule has 0 spiro atoms. The maximum absolute atomic E-state index is 13.8. The van der Waals surface area contributed by atoms with Gasteiger partial charge in [0, 0.05) is 29.8 Å². The number of nitrogens with zero attached hydrogens (tertiary/aromatic N) is 1. The molecule has 1 aliphatic carbocycles. The van der Waals surface area contributed by atoms with E-state index in [2.05, 4.69) is 10.3 Å². The standard InChI is InChI=1S/C29H31N3O6/c1-38-26-11-5-9-21-20(26)15-23(30-21)29(37)32-13-12-17-6-2-3-8-19(17)27(32)28(36)31-22(25(35)16-33)14-18-7-4-10-24(18)34/h2-3,5-6,8-9,11,15,18,22,27,30,33H,4,7,10,12-14,16H2,1H3,(H,31,36)/t18-,22-,27-/m0/s1. The Labute approximate surface area is 220 Å². The van der Waals surface area contributed by atoms with E-state index >= 15 is 0 Å². The van der Waals surface area contributed by atoms with E-state index in [1.165, 1.54) is 4.90 Å². The minimum Gasteiger partial charge on any atom is -0.496 e. The molecule has 38 heavy (non-hydrogen) atoms. The number of methoxy groups -OCH3 is 1. The SMILES string of the molecule is COc1cccc2[nH]c(C(=O)N3CCc4ccccc4[C@H]3C(=O)N[C@@H](C[C@@H]3CCCC3=O)C(=O)CO)cc12. The number of carbonyl (C=O) groups is 4. The van der Waals surface area contributed by atoms with E-state index in [-0.39, 0.29) is 24.0 Å². The van der Waals surface area contributed by atoms with Crippen molar-refractivity contribution < 1.29 is 29.0 Å². The number of nitrogens with one attached hydrogen (secondary N) is 2. The molecule has 3 atom stereocenters. The van der Waals surface area contributed by atoms with Gasteiger partial charge in [0.05, 0.1) is 13.2 Å². The Kier molecular flexibility index (Phi) is 7.28. The van der Waals surface area contributed by atoms with Crippen LogP contribution in [-0.2, 0) is 20.8 Å². The van der Waals surface area contributed by atoms with Crippen LogP contribution in [-0.4, -0.2) is 64.7 Å². The van der Waals surface area contributed by atoms with E-state index in [1.807, 2.05) is 42.5 Å². The predicted octanol–water partition coefficient (Wildman–Crippen LogP) is 2.72. The fourth-order valence-electron chi connectivity index (χ4n) is 5.70. The number of amides is 2. The number of fused-ring (bicyclic) bond motifs is 2. The first kappa shape index (κ1) is 25.7. The van der Waals surface area contributed by atoms with Gasteiger partial charge in [-0.25, -0.2) is 0 Å². The summed E-state index contributed by atoms with van der Waals surface area (Å²) in [4.78, 5) is 57.1. The lowest BCUT2D eigenvalue weighted by molar-refractivity contribution is -0.133. The van der Waals surface area contributed by atoms with Gasteiger partial charge in [0.2, 0.25) is 5.91 Å². The number of aliphatic hydroxyl groups excluding tert-OH is 1. The van der Waals surface area contributed by atoms with E-state index in [0.29, 0.717) is 42.8 Å². The van der Waals surface area contributed by atoms with E-state index in [1.54, 1.807) is 13.2 Å². The zero-order valence-corrected chi connectivity index (χ0v) is 21.2. The molecule has 9 nitrogen and oxygen atoms in total. The lowest BCUT2D eigenvalue weighted by Crippen LogP contribution is -2.52. The monoisotopic (exact) mass is 517 g/mol. The Hall–Kier alpha value is -3.98. The van der Waals surface area contributed by atoms with Crippen molar-refractivity contribution in [2.75, 3.05) is 20.3 Å². The summed E-state index contributed by atoms with van der Waals surface area (Å²) in [5, 5.41) is 13.1. The summed E-state index contributed by atoms with van der Waals surface area (Å²) < 4.78 is 5.43. The number of carbonyl (C=O) groups excluding carboxylic acids is 4. The molecular formula is C29H31N3O6. The molecule has 1 aliphatic heterocycles. The largest absolute Gasteiger partial charge is 0.496 e. The number of benzene rings is 2. The van der Waals surface area contributed by atoms with Crippen molar-refractivity contribution in [3.8, 4) is 5.75 Å². The molecule has 1 fully saturated rings. The summed E-state index contributed by atoms with van der Waals surface area (Å²) in [6, 6.07) is 12.7. The second kappa shape index (κ2) is 10.8. The number of hydrogen-bond donors (Lipinski definition) is 3. The quantitative estimate of drug-likeness (QED) is 0.422. The predicted molar refractivity (Wildman–Crippen MR) is 140 cm³/mol. The van der Waals surface area contributed by atoms with Crippen LogP contribution in [0.2, 0.25) is 0 Å². The van der Waals surface area contributed by atoms with Crippen LogP contribution in [0.25, 0.3) is 10.9 Å². The molecule has 9 heteroatoms. The average molecular weight is 518 g/mol. The van der Waals surface area contributed by atoms with Gasteiger partial charge in [0.25, 0.3) is 5.91 Å². The third kappa shape index (κ3) is 4.81. The topological polar surface area (TPSA) is 129 Å². The lowest BCUT2D eigenvalue weighted by Gasteiger charge is -2.37. The van der Waals surface area contributed by atoms with Crippen molar-refractivity contribution in [1.82, 2.24) is 15.2 Å². The van der Waals surface area contributed by atoms with E-state index in [9.17, 15) is 24.3 Å². The summed E-state index contributed by atoms with van der Waals surface area (Å²) in [5.74, 6) is -1.05. The zero-order chi connectivity index (χ0) is 26.8. The highest BCUT2D eigenvalue weighted by molar-refractivity contribution is 6.02. The average Bonchev–Trinajstić information content (AvgIpc) is 3.56. The smallest absolute Gasteiger partial charge is 0.271 e. The van der Waals surface area contributed by atoms with Gasteiger partial charge >= 0.3 is 0 Å². The fourth-order valence-corrected chi connectivity index (χ4v) is 5.70. The van der Waals surface area contributed by atoms with Crippen molar-refractivity contribution >= 4 is 34.3 Å². The van der Waals surface area contributed by atoms with Gasteiger partial charge in [-0.15, -0.1) is 0 Å². The summed E-state index contributed by atoms with van der Waals surface area (Å²) in [6.45, 7) is -0.438. The Morgan fingerprint density at radius 1 is 1.16 bits per heavy atom. The Morgan fingerprint density at radius 3 is 2.71 bits per heavy atom. The fraction of sp³-hybridized carbons (Fsp3) is 0.379. The summed E-state index contributed by atoms with van der Waals surface area (Å²) in [5.41, 5.74) is 2.69. The maximum atomic E-state index is 13.8. The van der Waals surface area contributed by atoms with Crippen molar-refractivity contribution in [3.63, 3.8) is 0 Å². The van der Waals surface area contributed by atoms with Gasteiger partial charge in [0.15, 0.2) is 5.78 Å². The molecular weight excluding hydrogens is 486 g/mol. The molecule has 2 aromatic carbocycles. The molecule has 0 bridgehead atoms. The van der Waals surface area contributed by atoms with Crippen LogP contribution in [0.4, 0.5) is 0 Å². The first-order valence-corrected chi connectivity index (χ1v) is 12.9. The second-order valence-corrected chi connectivity index (χ2v) is 9.93. The molecule has 2 heterocycles. The summed E-state index contributed by atoms with van der Waals surface area (Å²) in [6.07, 6.45) is 2.60. The van der Waals surface area contributed by atoms with Crippen LogP contribution in [0.1, 0.15) is 53.3 Å². The Bertz CT molecular complexity index is 1400. The Morgan fingerprint density at radius 2 is 1.97 bits per heavy atom. The van der Waals surface area contributed by atoms with Crippen molar-refractivity contribution in [2.24, 2.45) is 5.92 Å². The lowest BCUT2D eigenvalue weighted by atomic mass is 9.90. The maximum Gasteiger partial charge on any atom is 0.271 e. The number of hydrogen-bond acceptors (Lipinski definition) is 6. The van der Waals surface area contributed by atoms with Gasteiger partial charge in [0.1, 0.15) is 29.9 Å². The molecule has 2 aliphatic rings.